The molecule has 5 aromatic carbocycles. The van der Waals surface area contributed by atoms with Crippen molar-refractivity contribution in [3.05, 3.63) is 166 Å². The minimum absolute atomic E-state index is 0.00946. The molecule has 0 spiro atoms. The van der Waals surface area contributed by atoms with Crippen LogP contribution in [0.2, 0.25) is 10.0 Å². The zero-order valence-corrected chi connectivity index (χ0v) is 31.0. The van der Waals surface area contributed by atoms with Gasteiger partial charge in [0.25, 0.3) is 5.91 Å². The van der Waals surface area contributed by atoms with Gasteiger partial charge < -0.3 is 14.6 Å². The molecule has 2 atom stereocenters. The van der Waals surface area contributed by atoms with Crippen LogP contribution in [0.3, 0.4) is 0 Å². The third-order valence-corrected chi connectivity index (χ3v) is 11.3. The number of sulfone groups is 1. The highest BCUT2D eigenvalue weighted by molar-refractivity contribution is 7.91. The molecule has 1 aliphatic heterocycles. The lowest BCUT2D eigenvalue weighted by atomic mass is 9.85. The number of aliphatic hydroxyl groups excluding tert-OH is 1. The normalized spacial score (nSPS) is 16.9. The van der Waals surface area contributed by atoms with E-state index in [-0.39, 0.29) is 34.8 Å². The van der Waals surface area contributed by atoms with E-state index in [9.17, 15) is 13.2 Å². The summed E-state index contributed by atoms with van der Waals surface area (Å²) < 4.78 is 39.7. The molecule has 0 bridgehead atoms. The minimum atomic E-state index is -3.86. The second-order valence-electron chi connectivity index (χ2n) is 12.5. The predicted molar refractivity (Wildman–Crippen MR) is 207 cm³/mol. The molecule has 9 nitrogen and oxygen atoms in total. The fourth-order valence-corrected chi connectivity index (χ4v) is 8.13. The molecule has 6 rings (SSSR count). The first-order valence-corrected chi connectivity index (χ1v) is 19.6. The summed E-state index contributed by atoms with van der Waals surface area (Å²) in [5.74, 6) is -0.435. The fourth-order valence-electron chi connectivity index (χ4n) is 6.24. The number of benzene rings is 5. The minimum Gasteiger partial charge on any atom is -0.494 e. The van der Waals surface area contributed by atoms with Crippen molar-refractivity contribution in [3.8, 4) is 5.75 Å². The van der Waals surface area contributed by atoms with Crippen LogP contribution in [0.4, 0.5) is 0 Å². The smallest absolute Gasteiger partial charge is 0.266 e. The molecule has 0 saturated carbocycles. The maximum atomic E-state index is 14.7. The second-order valence-corrected chi connectivity index (χ2v) is 15.5. The standard InChI is InChI=1S/C41H39Cl2N3O6S/c42-32-19-22-35(37(43)27-32)38-41(23-26-53(49,50)34-15-8-3-9-16-34,45-39(52-38)31-17-20-33(21-18-31)51-25-10-24-47)40(48)46-44-28-36(29-11-4-1-5-12-29)30-13-6-2-7-14-30/h1-9,11-22,27,36,38,44,47H,10,23-26,28H2,(H,46,48)/t38-,41-/m0/s1. The molecule has 53 heavy (non-hydrogen) atoms. The van der Waals surface area contributed by atoms with E-state index in [1.807, 2.05) is 60.7 Å². The Labute approximate surface area is 319 Å². The maximum Gasteiger partial charge on any atom is 0.266 e. The van der Waals surface area contributed by atoms with Crippen LogP contribution >= 0.6 is 23.2 Å². The number of halogens is 2. The van der Waals surface area contributed by atoms with Crippen molar-refractivity contribution in [1.29, 1.82) is 0 Å². The lowest BCUT2D eigenvalue weighted by Gasteiger charge is -2.31. The van der Waals surface area contributed by atoms with Crippen LogP contribution in [0, 0.1) is 0 Å². The summed E-state index contributed by atoms with van der Waals surface area (Å²) in [5.41, 5.74) is 7.25. The topological polar surface area (TPSA) is 126 Å². The van der Waals surface area contributed by atoms with Gasteiger partial charge in [0.15, 0.2) is 21.5 Å². The zero-order valence-electron chi connectivity index (χ0n) is 28.7. The first kappa shape index (κ1) is 38.0. The summed E-state index contributed by atoms with van der Waals surface area (Å²) >= 11 is 13.1. The summed E-state index contributed by atoms with van der Waals surface area (Å²) in [7, 11) is -3.86. The van der Waals surface area contributed by atoms with Crippen LogP contribution in [0.15, 0.2) is 143 Å². The van der Waals surface area contributed by atoms with E-state index in [4.69, 9.17) is 42.8 Å². The Balaban J connectivity index is 1.37. The highest BCUT2D eigenvalue weighted by Crippen LogP contribution is 2.45. The van der Waals surface area contributed by atoms with E-state index in [0.717, 1.165) is 11.1 Å². The molecule has 0 saturated heterocycles. The van der Waals surface area contributed by atoms with E-state index in [1.165, 1.54) is 12.1 Å². The molecule has 5 aromatic rings. The number of hydrogen-bond acceptors (Lipinski definition) is 8. The summed E-state index contributed by atoms with van der Waals surface area (Å²) in [6.07, 6.45) is -0.890. The zero-order chi connectivity index (χ0) is 37.3. The Kier molecular flexibility index (Phi) is 12.5. The lowest BCUT2D eigenvalue weighted by molar-refractivity contribution is -0.130. The Morgan fingerprint density at radius 2 is 1.49 bits per heavy atom. The number of rotatable bonds is 16. The quantitative estimate of drug-likeness (QED) is 0.0709. The molecule has 0 unspecified atom stereocenters. The number of amides is 1. The molecule has 274 valence electrons. The van der Waals surface area contributed by atoms with Crippen LogP contribution in [-0.2, 0) is 19.4 Å². The van der Waals surface area contributed by atoms with Gasteiger partial charge in [-0.15, -0.1) is 0 Å². The van der Waals surface area contributed by atoms with Gasteiger partial charge in [-0.3, -0.25) is 10.2 Å². The number of nitrogens with zero attached hydrogens (tertiary/aromatic N) is 1. The molecule has 3 N–H and O–H groups in total. The Morgan fingerprint density at radius 1 is 0.868 bits per heavy atom. The summed E-state index contributed by atoms with van der Waals surface area (Å²) in [6.45, 7) is 0.668. The summed E-state index contributed by atoms with van der Waals surface area (Å²) in [4.78, 5) is 19.8. The molecule has 0 aromatic heterocycles. The third kappa shape index (κ3) is 9.09. The van der Waals surface area contributed by atoms with Gasteiger partial charge in [0.2, 0.25) is 5.90 Å². The fraction of sp³-hybridized carbons (Fsp3) is 0.220. The highest BCUT2D eigenvalue weighted by Gasteiger charge is 2.54. The molecular formula is C41H39Cl2N3O6S. The van der Waals surface area contributed by atoms with Gasteiger partial charge in [0.05, 0.1) is 17.3 Å². The lowest BCUT2D eigenvalue weighted by Crippen LogP contribution is -2.54. The van der Waals surface area contributed by atoms with Gasteiger partial charge >= 0.3 is 0 Å². The average Bonchev–Trinajstić information content (AvgIpc) is 3.57. The number of hydrogen-bond donors (Lipinski definition) is 3. The molecule has 1 aliphatic rings. The van der Waals surface area contributed by atoms with Crippen molar-refractivity contribution in [3.63, 3.8) is 0 Å². The molecule has 1 amide bonds. The van der Waals surface area contributed by atoms with E-state index < -0.39 is 33.1 Å². The number of ether oxygens (including phenoxy) is 2. The Bertz CT molecular complexity index is 2080. The average molecular weight is 773 g/mol. The molecule has 1 heterocycles. The van der Waals surface area contributed by atoms with Gasteiger partial charge in [0.1, 0.15) is 5.75 Å². The van der Waals surface area contributed by atoms with Gasteiger partial charge in [0, 0.05) is 53.1 Å². The van der Waals surface area contributed by atoms with E-state index in [0.29, 0.717) is 41.5 Å². The van der Waals surface area contributed by atoms with Crippen LogP contribution < -0.4 is 15.6 Å². The number of carbonyl (C=O) groups is 1. The number of carbonyl (C=O) groups excluding carboxylic acids is 1. The van der Waals surface area contributed by atoms with Crippen molar-refractivity contribution < 1.29 is 27.8 Å². The molecular weight excluding hydrogens is 733 g/mol. The monoisotopic (exact) mass is 771 g/mol. The van der Waals surface area contributed by atoms with E-state index in [2.05, 4.69) is 10.9 Å². The summed E-state index contributed by atoms with van der Waals surface area (Å²) in [6, 6.07) is 39.7. The number of nitrogens with one attached hydrogen (secondary N) is 2. The van der Waals surface area contributed by atoms with Crippen LogP contribution in [0.25, 0.3) is 0 Å². The van der Waals surface area contributed by atoms with Crippen molar-refractivity contribution in [2.75, 3.05) is 25.5 Å². The SMILES string of the molecule is O=C(NNCC(c1ccccc1)c1ccccc1)[C@@]1(CCS(=O)(=O)c2ccccc2)N=C(c2ccc(OCCCO)cc2)O[C@H]1c1ccc(Cl)cc1Cl. The number of hydrazine groups is 1. The van der Waals surface area contributed by atoms with Gasteiger partial charge in [-0.1, -0.05) is 108 Å². The maximum absolute atomic E-state index is 14.7. The largest absolute Gasteiger partial charge is 0.494 e. The first-order valence-electron chi connectivity index (χ1n) is 17.2. The second kappa shape index (κ2) is 17.4. The van der Waals surface area contributed by atoms with E-state index in [1.54, 1.807) is 60.7 Å². The van der Waals surface area contributed by atoms with Crippen LogP contribution in [-0.4, -0.2) is 56.4 Å². The van der Waals surface area contributed by atoms with Crippen molar-refractivity contribution in [2.24, 2.45) is 4.99 Å². The molecule has 0 aliphatic carbocycles. The van der Waals surface area contributed by atoms with E-state index >= 15 is 0 Å². The molecule has 0 radical (unpaired) electrons. The van der Waals surface area contributed by atoms with Crippen molar-refractivity contribution in [1.82, 2.24) is 10.9 Å². The van der Waals surface area contributed by atoms with Gasteiger partial charge in [-0.25, -0.2) is 18.8 Å². The van der Waals surface area contributed by atoms with Crippen LogP contribution in [0.1, 0.15) is 47.1 Å². The Hall–Kier alpha value is -4.71. The first-order chi connectivity index (χ1) is 25.7. The third-order valence-electron chi connectivity index (χ3n) is 9.04. The number of aliphatic imine (C=N–C) groups is 1. The Morgan fingerprint density at radius 3 is 2.09 bits per heavy atom. The number of aliphatic hydroxyl groups is 1. The van der Waals surface area contributed by atoms with Crippen molar-refractivity contribution >= 4 is 44.8 Å². The van der Waals surface area contributed by atoms with Gasteiger partial charge in [-0.05, 0) is 59.7 Å². The van der Waals surface area contributed by atoms with Crippen LogP contribution in [0.5, 0.6) is 5.75 Å². The predicted octanol–water partition coefficient (Wildman–Crippen LogP) is 7.33. The summed E-state index contributed by atoms with van der Waals surface area (Å²) in [5, 5.41) is 9.73. The molecule has 0 fully saturated rings. The van der Waals surface area contributed by atoms with Gasteiger partial charge in [-0.2, -0.15) is 0 Å². The highest BCUT2D eigenvalue weighted by atomic mass is 35.5. The van der Waals surface area contributed by atoms with Crippen molar-refractivity contribution in [2.45, 2.75) is 35.3 Å². The molecule has 12 heteroatoms.